The number of alkyl halides is 3. The number of carbonyl (C=O) groups excluding carboxylic acids is 1. The van der Waals surface area contributed by atoms with E-state index in [0.717, 1.165) is 24.3 Å². The van der Waals surface area contributed by atoms with Crippen LogP contribution in [0.3, 0.4) is 0 Å². The molecule has 2 aromatic rings. The number of nitrogens with one attached hydrogen (secondary N) is 1. The molecule has 0 atom stereocenters. The van der Waals surface area contributed by atoms with Gasteiger partial charge in [0.25, 0.3) is 11.6 Å². The highest BCUT2D eigenvalue weighted by Crippen LogP contribution is 2.37. The zero-order valence-electron chi connectivity index (χ0n) is 11.5. The number of carbonyl (C=O) groups is 1. The van der Waals surface area contributed by atoms with Crippen LogP contribution in [-0.2, 0) is 6.18 Å². The Morgan fingerprint density at radius 1 is 1.08 bits per heavy atom. The molecule has 0 aliphatic rings. The molecule has 0 heterocycles. The van der Waals surface area contributed by atoms with Gasteiger partial charge in [-0.2, -0.15) is 13.2 Å². The second-order valence-corrected chi connectivity index (χ2v) is 5.43. The van der Waals surface area contributed by atoms with Crippen LogP contribution >= 0.6 is 23.2 Å². The minimum atomic E-state index is -4.76. The van der Waals surface area contributed by atoms with Crippen molar-refractivity contribution >= 4 is 40.5 Å². The maximum absolute atomic E-state index is 13.0. The first kappa shape index (κ1) is 18.0. The van der Waals surface area contributed by atoms with Gasteiger partial charge in [0.15, 0.2) is 0 Å². The lowest BCUT2D eigenvalue weighted by molar-refractivity contribution is -0.385. The zero-order chi connectivity index (χ0) is 18.1. The first-order valence-corrected chi connectivity index (χ1v) is 6.97. The van der Waals surface area contributed by atoms with Crippen molar-refractivity contribution in [2.75, 3.05) is 5.32 Å². The number of rotatable bonds is 3. The molecule has 2 rings (SSSR count). The number of amides is 1. The van der Waals surface area contributed by atoms with Crippen molar-refractivity contribution in [2.45, 2.75) is 6.18 Å². The van der Waals surface area contributed by atoms with Crippen molar-refractivity contribution in [1.29, 1.82) is 0 Å². The molecule has 0 aliphatic heterocycles. The number of nitro groups is 1. The number of nitro benzene ring substituents is 1. The summed E-state index contributed by atoms with van der Waals surface area (Å²) in [5.74, 6) is -1.08. The van der Waals surface area contributed by atoms with Gasteiger partial charge in [-0.25, -0.2) is 0 Å². The molecule has 0 unspecified atom stereocenters. The van der Waals surface area contributed by atoms with Gasteiger partial charge in [-0.3, -0.25) is 14.9 Å². The normalized spacial score (nSPS) is 11.2. The quantitative estimate of drug-likeness (QED) is 0.591. The smallest absolute Gasteiger partial charge is 0.321 e. The summed E-state index contributed by atoms with van der Waals surface area (Å²) in [6.07, 6.45) is -4.76. The number of anilines is 1. The molecule has 126 valence electrons. The Hall–Kier alpha value is -2.32. The van der Waals surface area contributed by atoms with Crippen molar-refractivity contribution in [3.8, 4) is 0 Å². The summed E-state index contributed by atoms with van der Waals surface area (Å²) in [6.45, 7) is 0. The zero-order valence-corrected chi connectivity index (χ0v) is 13.0. The van der Waals surface area contributed by atoms with Crippen LogP contribution in [-0.4, -0.2) is 10.8 Å². The van der Waals surface area contributed by atoms with Crippen molar-refractivity contribution in [2.24, 2.45) is 0 Å². The Kier molecular flexibility index (Phi) is 5.00. The van der Waals surface area contributed by atoms with Crippen LogP contribution in [0.25, 0.3) is 0 Å². The molecule has 2 aromatic carbocycles. The minimum Gasteiger partial charge on any atom is -0.321 e. The van der Waals surface area contributed by atoms with E-state index in [4.69, 9.17) is 23.2 Å². The summed E-state index contributed by atoms with van der Waals surface area (Å²) in [6, 6.07) is 5.97. The average molecular weight is 379 g/mol. The first-order valence-electron chi connectivity index (χ1n) is 6.21. The fourth-order valence-corrected chi connectivity index (χ4v) is 2.24. The lowest BCUT2D eigenvalue weighted by atomic mass is 10.1. The van der Waals surface area contributed by atoms with Crippen LogP contribution in [0, 0.1) is 10.1 Å². The van der Waals surface area contributed by atoms with E-state index in [9.17, 15) is 28.1 Å². The highest BCUT2D eigenvalue weighted by Gasteiger charge is 2.34. The number of benzene rings is 2. The van der Waals surface area contributed by atoms with Crippen LogP contribution in [0.15, 0.2) is 36.4 Å². The van der Waals surface area contributed by atoms with E-state index in [1.54, 1.807) is 0 Å². The molecule has 5 nitrogen and oxygen atoms in total. The van der Waals surface area contributed by atoms with E-state index < -0.39 is 39.5 Å². The van der Waals surface area contributed by atoms with Gasteiger partial charge >= 0.3 is 6.18 Å². The average Bonchev–Trinajstić information content (AvgIpc) is 2.47. The van der Waals surface area contributed by atoms with Crippen LogP contribution in [0.5, 0.6) is 0 Å². The van der Waals surface area contributed by atoms with E-state index in [1.165, 1.54) is 6.07 Å². The molecule has 0 saturated heterocycles. The van der Waals surface area contributed by atoms with Crippen LogP contribution in [0.4, 0.5) is 24.5 Å². The summed E-state index contributed by atoms with van der Waals surface area (Å²) in [5, 5.41) is 12.8. The summed E-state index contributed by atoms with van der Waals surface area (Å²) in [5.41, 5.74) is -2.78. The van der Waals surface area contributed by atoms with Gasteiger partial charge in [0.1, 0.15) is 5.56 Å². The van der Waals surface area contributed by atoms with Gasteiger partial charge in [0.2, 0.25) is 0 Å². The van der Waals surface area contributed by atoms with Gasteiger partial charge in [-0.1, -0.05) is 23.2 Å². The molecule has 24 heavy (non-hydrogen) atoms. The lowest BCUT2D eigenvalue weighted by Crippen LogP contribution is -2.17. The Balaban J connectivity index is 2.43. The standard InChI is InChI=1S/C14H7Cl2F3N2O3/c15-7-2-4-11(10(5-7)14(17,18)19)20-13(22)9-3-1-8(16)6-12(9)21(23)24/h1-6H,(H,20,22). The van der Waals surface area contributed by atoms with Crippen molar-refractivity contribution < 1.29 is 22.9 Å². The molecule has 0 radical (unpaired) electrons. The minimum absolute atomic E-state index is 0.0146. The van der Waals surface area contributed by atoms with Crippen LogP contribution in [0.1, 0.15) is 15.9 Å². The molecule has 10 heteroatoms. The highest BCUT2D eigenvalue weighted by molar-refractivity contribution is 6.31. The number of nitrogens with zero attached hydrogens (tertiary/aromatic N) is 1. The van der Waals surface area contributed by atoms with E-state index in [1.807, 2.05) is 5.32 Å². The fourth-order valence-electron chi connectivity index (χ4n) is 1.90. The Morgan fingerprint density at radius 3 is 2.25 bits per heavy atom. The molecular formula is C14H7Cl2F3N2O3. The molecule has 1 amide bonds. The maximum atomic E-state index is 13.0. The number of hydrogen-bond donors (Lipinski definition) is 1. The molecular weight excluding hydrogens is 372 g/mol. The van der Waals surface area contributed by atoms with Gasteiger partial charge in [0.05, 0.1) is 16.2 Å². The van der Waals surface area contributed by atoms with Gasteiger partial charge < -0.3 is 5.32 Å². The van der Waals surface area contributed by atoms with Gasteiger partial charge in [0, 0.05) is 16.1 Å². The van der Waals surface area contributed by atoms with Crippen molar-refractivity contribution in [3.63, 3.8) is 0 Å². The van der Waals surface area contributed by atoms with E-state index in [0.29, 0.717) is 6.07 Å². The van der Waals surface area contributed by atoms with Crippen LogP contribution in [0.2, 0.25) is 10.0 Å². The van der Waals surface area contributed by atoms with E-state index >= 15 is 0 Å². The summed E-state index contributed by atoms with van der Waals surface area (Å²) in [7, 11) is 0. The van der Waals surface area contributed by atoms with Crippen molar-refractivity contribution in [1.82, 2.24) is 0 Å². The second-order valence-electron chi connectivity index (χ2n) is 4.56. The molecule has 0 bridgehead atoms. The van der Waals surface area contributed by atoms with Crippen molar-refractivity contribution in [3.05, 3.63) is 67.7 Å². The van der Waals surface area contributed by atoms with E-state index in [2.05, 4.69) is 0 Å². The Morgan fingerprint density at radius 2 is 1.67 bits per heavy atom. The topological polar surface area (TPSA) is 72.2 Å². The third-order valence-electron chi connectivity index (χ3n) is 2.94. The molecule has 0 spiro atoms. The molecule has 0 fully saturated rings. The lowest BCUT2D eigenvalue weighted by Gasteiger charge is -2.14. The first-order chi connectivity index (χ1) is 11.1. The molecule has 0 aliphatic carbocycles. The number of hydrogen-bond acceptors (Lipinski definition) is 3. The maximum Gasteiger partial charge on any atom is 0.418 e. The molecule has 0 saturated carbocycles. The third-order valence-corrected chi connectivity index (χ3v) is 3.41. The fraction of sp³-hybridized carbons (Fsp3) is 0.0714. The largest absolute Gasteiger partial charge is 0.418 e. The van der Waals surface area contributed by atoms with Crippen LogP contribution < -0.4 is 5.32 Å². The predicted molar refractivity (Wildman–Crippen MR) is 82.5 cm³/mol. The Bertz CT molecular complexity index is 825. The molecule has 0 aromatic heterocycles. The third kappa shape index (κ3) is 3.95. The number of halogens is 5. The monoisotopic (exact) mass is 378 g/mol. The molecule has 1 N–H and O–H groups in total. The highest BCUT2D eigenvalue weighted by atomic mass is 35.5. The summed E-state index contributed by atoms with van der Waals surface area (Å²) >= 11 is 11.2. The summed E-state index contributed by atoms with van der Waals surface area (Å²) < 4.78 is 39.0. The second kappa shape index (κ2) is 6.66. The van der Waals surface area contributed by atoms with E-state index in [-0.39, 0.29) is 10.0 Å². The van der Waals surface area contributed by atoms with Gasteiger partial charge in [-0.05, 0) is 30.3 Å². The Labute approximate surface area is 143 Å². The van der Waals surface area contributed by atoms with Gasteiger partial charge in [-0.15, -0.1) is 0 Å². The SMILES string of the molecule is O=C(Nc1ccc(Cl)cc1C(F)(F)F)c1ccc(Cl)cc1[N+](=O)[O-]. The summed E-state index contributed by atoms with van der Waals surface area (Å²) in [4.78, 5) is 22.3. The predicted octanol–water partition coefficient (Wildman–Crippen LogP) is 5.17.